The topological polar surface area (TPSA) is 49.4 Å². The number of amides is 2. The lowest BCUT2D eigenvalue weighted by Crippen LogP contribution is -2.52. The Bertz CT molecular complexity index is 1050. The smallest absolute Gasteiger partial charge is 0.242 e. The van der Waals surface area contributed by atoms with E-state index in [1.807, 2.05) is 95.3 Å². The third-order valence-electron chi connectivity index (χ3n) is 6.05. The summed E-state index contributed by atoms with van der Waals surface area (Å²) in [5, 5.41) is 3.04. The predicted molar refractivity (Wildman–Crippen MR) is 138 cm³/mol. The van der Waals surface area contributed by atoms with Gasteiger partial charge in [0.2, 0.25) is 11.8 Å². The van der Waals surface area contributed by atoms with Crippen LogP contribution in [0.1, 0.15) is 62.3 Å². The van der Waals surface area contributed by atoms with Crippen LogP contribution in [-0.2, 0) is 16.1 Å². The van der Waals surface area contributed by atoms with Gasteiger partial charge in [-0.25, -0.2) is 0 Å². The van der Waals surface area contributed by atoms with Crippen LogP contribution in [-0.4, -0.2) is 28.3 Å². The maximum atomic E-state index is 13.9. The van der Waals surface area contributed by atoms with Crippen molar-refractivity contribution < 1.29 is 9.59 Å². The van der Waals surface area contributed by atoms with Crippen molar-refractivity contribution >= 4 is 11.8 Å². The number of carbonyl (C=O) groups excluding carboxylic acids is 2. The Kier molecular flexibility index (Phi) is 8.27. The molecule has 1 N–H and O–H groups in total. The molecule has 34 heavy (non-hydrogen) atoms. The Balaban J connectivity index is 1.94. The standard InChI is InChI=1S/C30H36N2O2/c1-22-14-12-13-19-26(22)21-32(23(2)29(34)31-30(3,4)5)28(33)20-27(24-15-8-6-9-16-24)25-17-10-7-11-18-25/h6-19,23,27H,20-21H2,1-5H3,(H,31,34)/t23-/m0/s1. The zero-order valence-corrected chi connectivity index (χ0v) is 20.9. The second-order valence-electron chi connectivity index (χ2n) is 9.94. The van der Waals surface area contributed by atoms with Crippen molar-refractivity contribution in [1.29, 1.82) is 0 Å². The van der Waals surface area contributed by atoms with E-state index in [2.05, 4.69) is 29.6 Å². The highest BCUT2D eigenvalue weighted by Gasteiger charge is 2.30. The number of nitrogens with zero attached hydrogens (tertiary/aromatic N) is 1. The Hall–Kier alpha value is -3.40. The van der Waals surface area contributed by atoms with Gasteiger partial charge in [0.1, 0.15) is 6.04 Å². The number of hydrogen-bond donors (Lipinski definition) is 1. The summed E-state index contributed by atoms with van der Waals surface area (Å²) < 4.78 is 0. The summed E-state index contributed by atoms with van der Waals surface area (Å²) in [7, 11) is 0. The number of aryl methyl sites for hydroxylation is 1. The first kappa shape index (κ1) is 25.2. The van der Waals surface area contributed by atoms with Crippen molar-refractivity contribution in [2.75, 3.05) is 0 Å². The van der Waals surface area contributed by atoms with Gasteiger partial charge >= 0.3 is 0 Å². The fourth-order valence-electron chi connectivity index (χ4n) is 4.12. The molecule has 0 saturated carbocycles. The van der Waals surface area contributed by atoms with Crippen molar-refractivity contribution in [2.24, 2.45) is 0 Å². The second kappa shape index (κ2) is 11.1. The minimum absolute atomic E-state index is 0.0440. The molecule has 0 unspecified atom stereocenters. The number of rotatable bonds is 8. The van der Waals surface area contributed by atoms with Crippen LogP contribution in [0.2, 0.25) is 0 Å². The molecular formula is C30H36N2O2. The van der Waals surface area contributed by atoms with Crippen LogP contribution in [0, 0.1) is 6.92 Å². The highest BCUT2D eigenvalue weighted by Crippen LogP contribution is 2.29. The maximum absolute atomic E-state index is 13.9. The molecule has 0 aliphatic carbocycles. The molecule has 0 fully saturated rings. The first-order valence-electron chi connectivity index (χ1n) is 11.9. The van der Waals surface area contributed by atoms with E-state index < -0.39 is 6.04 Å². The van der Waals surface area contributed by atoms with E-state index in [1.165, 1.54) is 0 Å². The molecule has 4 heteroatoms. The average molecular weight is 457 g/mol. The minimum atomic E-state index is -0.599. The summed E-state index contributed by atoms with van der Waals surface area (Å²) >= 11 is 0. The zero-order chi connectivity index (χ0) is 24.7. The summed E-state index contributed by atoms with van der Waals surface area (Å²) in [5.41, 5.74) is 3.95. The molecule has 0 aliphatic rings. The van der Waals surface area contributed by atoms with Crippen LogP contribution < -0.4 is 5.32 Å². The Morgan fingerprint density at radius 3 is 1.82 bits per heavy atom. The molecule has 3 rings (SSSR count). The van der Waals surface area contributed by atoms with E-state index in [4.69, 9.17) is 0 Å². The van der Waals surface area contributed by atoms with Gasteiger partial charge in [0.15, 0.2) is 0 Å². The summed E-state index contributed by atoms with van der Waals surface area (Å²) in [6.45, 7) is 10.1. The van der Waals surface area contributed by atoms with Gasteiger partial charge in [-0.3, -0.25) is 9.59 Å². The van der Waals surface area contributed by atoms with E-state index >= 15 is 0 Å². The van der Waals surface area contributed by atoms with Gasteiger partial charge in [-0.15, -0.1) is 0 Å². The monoisotopic (exact) mass is 456 g/mol. The molecule has 2 amide bonds. The molecule has 0 aliphatic heterocycles. The van der Waals surface area contributed by atoms with E-state index in [0.717, 1.165) is 22.3 Å². The van der Waals surface area contributed by atoms with Crippen LogP contribution >= 0.6 is 0 Å². The highest BCUT2D eigenvalue weighted by atomic mass is 16.2. The van der Waals surface area contributed by atoms with Crippen molar-refractivity contribution in [3.05, 3.63) is 107 Å². The molecular weight excluding hydrogens is 420 g/mol. The van der Waals surface area contributed by atoms with Gasteiger partial charge in [-0.05, 0) is 56.9 Å². The molecule has 0 radical (unpaired) electrons. The van der Waals surface area contributed by atoms with Crippen molar-refractivity contribution in [3.63, 3.8) is 0 Å². The maximum Gasteiger partial charge on any atom is 0.242 e. The molecule has 178 valence electrons. The largest absolute Gasteiger partial charge is 0.350 e. The first-order valence-corrected chi connectivity index (χ1v) is 11.9. The van der Waals surface area contributed by atoms with Crippen LogP contribution in [0.3, 0.4) is 0 Å². The summed E-state index contributed by atoms with van der Waals surface area (Å²) in [5.74, 6) is -0.282. The molecule has 0 saturated heterocycles. The lowest BCUT2D eigenvalue weighted by atomic mass is 9.88. The predicted octanol–water partition coefficient (Wildman–Crippen LogP) is 5.85. The average Bonchev–Trinajstić information content (AvgIpc) is 2.81. The third kappa shape index (κ3) is 6.80. The lowest BCUT2D eigenvalue weighted by molar-refractivity contribution is -0.141. The second-order valence-corrected chi connectivity index (χ2v) is 9.94. The zero-order valence-electron chi connectivity index (χ0n) is 20.9. The van der Waals surface area contributed by atoms with E-state index in [-0.39, 0.29) is 29.7 Å². The van der Waals surface area contributed by atoms with Gasteiger partial charge in [0, 0.05) is 24.4 Å². The van der Waals surface area contributed by atoms with Crippen LogP contribution in [0.25, 0.3) is 0 Å². The minimum Gasteiger partial charge on any atom is -0.350 e. The molecule has 0 bridgehead atoms. The number of nitrogens with one attached hydrogen (secondary N) is 1. The summed E-state index contributed by atoms with van der Waals surface area (Å²) in [4.78, 5) is 28.7. The Labute approximate surface area is 204 Å². The van der Waals surface area contributed by atoms with Crippen LogP contribution in [0.15, 0.2) is 84.9 Å². The third-order valence-corrected chi connectivity index (χ3v) is 6.05. The van der Waals surface area contributed by atoms with Gasteiger partial charge in [-0.1, -0.05) is 84.9 Å². The molecule has 1 atom stereocenters. The fraction of sp³-hybridized carbons (Fsp3) is 0.333. The normalized spacial score (nSPS) is 12.3. The van der Waals surface area contributed by atoms with Gasteiger partial charge in [0.25, 0.3) is 0 Å². The van der Waals surface area contributed by atoms with Gasteiger partial charge in [-0.2, -0.15) is 0 Å². The summed E-state index contributed by atoms with van der Waals surface area (Å²) in [6, 6.07) is 27.6. The lowest BCUT2D eigenvalue weighted by Gasteiger charge is -2.33. The molecule has 4 nitrogen and oxygen atoms in total. The van der Waals surface area contributed by atoms with E-state index in [0.29, 0.717) is 6.54 Å². The van der Waals surface area contributed by atoms with Crippen LogP contribution in [0.4, 0.5) is 0 Å². The fourth-order valence-corrected chi connectivity index (χ4v) is 4.12. The van der Waals surface area contributed by atoms with Gasteiger partial charge in [0.05, 0.1) is 0 Å². The Morgan fingerprint density at radius 2 is 1.32 bits per heavy atom. The van der Waals surface area contributed by atoms with E-state index in [1.54, 1.807) is 4.90 Å². The van der Waals surface area contributed by atoms with Crippen molar-refractivity contribution in [3.8, 4) is 0 Å². The van der Waals surface area contributed by atoms with Gasteiger partial charge < -0.3 is 10.2 Å². The first-order chi connectivity index (χ1) is 16.2. The molecule has 3 aromatic rings. The number of hydrogen-bond acceptors (Lipinski definition) is 2. The van der Waals surface area contributed by atoms with E-state index in [9.17, 15) is 9.59 Å². The van der Waals surface area contributed by atoms with Crippen LogP contribution in [0.5, 0.6) is 0 Å². The van der Waals surface area contributed by atoms with Crippen molar-refractivity contribution in [1.82, 2.24) is 10.2 Å². The SMILES string of the molecule is Cc1ccccc1CN(C(=O)CC(c1ccccc1)c1ccccc1)[C@@H](C)C(=O)NC(C)(C)C. The molecule has 0 spiro atoms. The molecule has 0 heterocycles. The number of carbonyl (C=O) groups is 2. The molecule has 0 aromatic heterocycles. The molecule has 3 aromatic carbocycles. The van der Waals surface area contributed by atoms with Crippen molar-refractivity contribution in [2.45, 2.75) is 65.1 Å². The summed E-state index contributed by atoms with van der Waals surface area (Å²) in [6.07, 6.45) is 0.285. The Morgan fingerprint density at radius 1 is 0.824 bits per heavy atom. The number of benzene rings is 3. The quantitative estimate of drug-likeness (QED) is 0.462. The highest BCUT2D eigenvalue weighted by molar-refractivity contribution is 5.88.